The molecule has 1 aromatic rings. The van der Waals surface area contributed by atoms with Crippen molar-refractivity contribution in [3.8, 4) is 5.75 Å². The second-order valence-corrected chi connectivity index (χ2v) is 4.23. The molecule has 18 heavy (non-hydrogen) atoms. The summed E-state index contributed by atoms with van der Waals surface area (Å²) in [6.45, 7) is 1.12. The zero-order valence-corrected chi connectivity index (χ0v) is 9.82. The first-order valence-corrected chi connectivity index (χ1v) is 5.48. The lowest BCUT2D eigenvalue weighted by Gasteiger charge is -2.28. The van der Waals surface area contributed by atoms with Gasteiger partial charge in [-0.25, -0.2) is 8.78 Å². The maximum atomic E-state index is 13.7. The van der Waals surface area contributed by atoms with Gasteiger partial charge in [0, 0.05) is 12.6 Å². The molecule has 1 N–H and O–H groups in total. The lowest BCUT2D eigenvalue weighted by Crippen LogP contribution is -2.29. The van der Waals surface area contributed by atoms with Crippen LogP contribution in [0, 0.1) is 0 Å². The predicted molar refractivity (Wildman–Crippen MR) is 61.4 cm³/mol. The molecule has 0 amide bonds. The summed E-state index contributed by atoms with van der Waals surface area (Å²) in [6.07, 6.45) is -1.21. The van der Waals surface area contributed by atoms with Crippen LogP contribution < -0.4 is 9.64 Å². The van der Waals surface area contributed by atoms with E-state index in [1.54, 1.807) is 11.9 Å². The molecule has 1 aliphatic rings. The van der Waals surface area contributed by atoms with E-state index < -0.39 is 18.3 Å². The van der Waals surface area contributed by atoms with Crippen LogP contribution in [0.2, 0.25) is 0 Å². The van der Waals surface area contributed by atoms with Gasteiger partial charge in [0.25, 0.3) is 5.92 Å². The predicted octanol–water partition coefficient (Wildman–Crippen LogP) is 2.08. The number of carboxylic acids is 1. The van der Waals surface area contributed by atoms with Crippen LogP contribution in [-0.2, 0) is 10.7 Å². The number of rotatable bonds is 3. The first-order chi connectivity index (χ1) is 8.40. The maximum Gasteiger partial charge on any atom is 0.309 e. The molecule has 98 valence electrons. The minimum absolute atomic E-state index is 0.305. The van der Waals surface area contributed by atoms with Gasteiger partial charge in [0.2, 0.25) is 0 Å². The highest BCUT2D eigenvalue weighted by Gasteiger charge is 2.35. The number of hydrogen-bond donors (Lipinski definition) is 1. The summed E-state index contributed by atoms with van der Waals surface area (Å²) in [4.78, 5) is 12.2. The van der Waals surface area contributed by atoms with Gasteiger partial charge in [-0.2, -0.15) is 0 Å². The smallest absolute Gasteiger partial charge is 0.309 e. The number of likely N-dealkylation sites (N-methyl/N-ethyl adjacent to an activating group) is 1. The van der Waals surface area contributed by atoms with Crippen LogP contribution in [-0.4, -0.2) is 31.3 Å². The van der Waals surface area contributed by atoms with E-state index in [4.69, 9.17) is 9.84 Å². The summed E-state index contributed by atoms with van der Waals surface area (Å²) in [5, 5.41) is 8.49. The Kier molecular flexibility index (Phi) is 3.11. The van der Waals surface area contributed by atoms with Gasteiger partial charge in [-0.1, -0.05) is 0 Å². The number of aliphatic carboxylic acids is 1. The average molecular weight is 257 g/mol. The molecule has 0 unspecified atom stereocenters. The molecule has 0 fully saturated rings. The highest BCUT2D eigenvalue weighted by Crippen LogP contribution is 2.38. The van der Waals surface area contributed by atoms with Crippen molar-refractivity contribution in [2.45, 2.75) is 12.3 Å². The Balaban J connectivity index is 2.35. The van der Waals surface area contributed by atoms with E-state index >= 15 is 0 Å². The SMILES string of the molecule is CN1CCOc2ccc(C(F)(F)CC(=O)O)cc21. The van der Waals surface area contributed by atoms with Gasteiger partial charge < -0.3 is 14.7 Å². The maximum absolute atomic E-state index is 13.7. The number of benzene rings is 1. The number of hydrogen-bond acceptors (Lipinski definition) is 3. The number of ether oxygens (including phenoxy) is 1. The number of carboxylic acid groups (broad SMARTS) is 1. The first-order valence-electron chi connectivity index (χ1n) is 5.48. The van der Waals surface area contributed by atoms with Crippen LogP contribution >= 0.6 is 0 Å². The molecule has 0 aromatic heterocycles. The number of alkyl halides is 2. The Morgan fingerprint density at radius 2 is 2.28 bits per heavy atom. The van der Waals surface area contributed by atoms with Gasteiger partial charge >= 0.3 is 5.97 Å². The Hall–Kier alpha value is -1.85. The van der Waals surface area contributed by atoms with E-state index in [2.05, 4.69) is 0 Å². The Morgan fingerprint density at radius 1 is 1.56 bits per heavy atom. The van der Waals surface area contributed by atoms with Crippen LogP contribution in [0.15, 0.2) is 18.2 Å². The minimum Gasteiger partial charge on any atom is -0.490 e. The molecule has 0 atom stereocenters. The molecule has 0 radical (unpaired) electrons. The Labute approximate surface area is 103 Å². The van der Waals surface area contributed by atoms with Gasteiger partial charge in [0.05, 0.1) is 12.2 Å². The third kappa shape index (κ3) is 2.37. The third-order valence-corrected chi connectivity index (χ3v) is 2.85. The Bertz CT molecular complexity index is 476. The minimum atomic E-state index is -3.38. The number of carbonyl (C=O) groups is 1. The van der Waals surface area contributed by atoms with Gasteiger partial charge in [-0.05, 0) is 18.2 Å². The summed E-state index contributed by atoms with van der Waals surface area (Å²) in [7, 11) is 1.78. The molecule has 0 aliphatic carbocycles. The lowest BCUT2D eigenvalue weighted by molar-refractivity contribution is -0.145. The van der Waals surface area contributed by atoms with Crippen molar-refractivity contribution in [3.05, 3.63) is 23.8 Å². The average Bonchev–Trinajstić information content (AvgIpc) is 2.27. The molecule has 0 bridgehead atoms. The van der Waals surface area contributed by atoms with Crippen molar-refractivity contribution < 1.29 is 23.4 Å². The van der Waals surface area contributed by atoms with Crippen molar-refractivity contribution in [1.29, 1.82) is 0 Å². The van der Waals surface area contributed by atoms with E-state index in [-0.39, 0.29) is 5.56 Å². The van der Waals surface area contributed by atoms with Crippen LogP contribution in [0.1, 0.15) is 12.0 Å². The molecular formula is C12H13F2NO3. The van der Waals surface area contributed by atoms with Gasteiger partial charge in [-0.15, -0.1) is 0 Å². The molecule has 0 saturated heterocycles. The zero-order chi connectivity index (χ0) is 13.3. The fourth-order valence-corrected chi connectivity index (χ4v) is 1.87. The van der Waals surface area contributed by atoms with Crippen molar-refractivity contribution in [3.63, 3.8) is 0 Å². The first kappa shape index (κ1) is 12.6. The van der Waals surface area contributed by atoms with E-state index in [0.717, 1.165) is 0 Å². The number of anilines is 1. The molecule has 0 spiro atoms. The molecule has 1 aromatic carbocycles. The number of halogens is 2. The Morgan fingerprint density at radius 3 is 2.94 bits per heavy atom. The molecule has 4 nitrogen and oxygen atoms in total. The van der Waals surface area contributed by atoms with Crippen molar-refractivity contribution in [2.75, 3.05) is 25.1 Å². The second-order valence-electron chi connectivity index (χ2n) is 4.23. The molecule has 1 heterocycles. The normalized spacial score (nSPS) is 14.9. The summed E-state index contributed by atoms with van der Waals surface area (Å²) in [6, 6.07) is 3.95. The van der Waals surface area contributed by atoms with Gasteiger partial charge in [0.1, 0.15) is 18.8 Å². The largest absolute Gasteiger partial charge is 0.490 e. The van der Waals surface area contributed by atoms with Crippen molar-refractivity contribution in [1.82, 2.24) is 0 Å². The van der Waals surface area contributed by atoms with Crippen molar-refractivity contribution >= 4 is 11.7 Å². The topological polar surface area (TPSA) is 49.8 Å². The van der Waals surface area contributed by atoms with Crippen LogP contribution in [0.5, 0.6) is 5.75 Å². The number of nitrogens with zero attached hydrogens (tertiary/aromatic N) is 1. The van der Waals surface area contributed by atoms with Crippen molar-refractivity contribution in [2.24, 2.45) is 0 Å². The van der Waals surface area contributed by atoms with Crippen LogP contribution in [0.3, 0.4) is 0 Å². The quantitative estimate of drug-likeness (QED) is 0.900. The molecule has 0 saturated carbocycles. The molecule has 6 heteroatoms. The van der Waals surface area contributed by atoms with E-state index in [9.17, 15) is 13.6 Å². The monoisotopic (exact) mass is 257 g/mol. The number of fused-ring (bicyclic) bond motifs is 1. The van der Waals surface area contributed by atoms with Gasteiger partial charge in [-0.3, -0.25) is 4.79 Å². The van der Waals surface area contributed by atoms with Crippen LogP contribution in [0.4, 0.5) is 14.5 Å². The van der Waals surface area contributed by atoms with E-state index in [1.165, 1.54) is 18.2 Å². The highest BCUT2D eigenvalue weighted by molar-refractivity contribution is 5.69. The summed E-state index contributed by atoms with van der Waals surface area (Å²) >= 11 is 0. The summed E-state index contributed by atoms with van der Waals surface area (Å²) < 4.78 is 32.7. The molecular weight excluding hydrogens is 244 g/mol. The molecule has 1 aliphatic heterocycles. The zero-order valence-electron chi connectivity index (χ0n) is 9.82. The van der Waals surface area contributed by atoms with E-state index in [0.29, 0.717) is 24.6 Å². The second kappa shape index (κ2) is 4.44. The molecule has 2 rings (SSSR count). The summed E-state index contributed by atoms with van der Waals surface area (Å²) in [5.74, 6) is -4.36. The third-order valence-electron chi connectivity index (χ3n) is 2.85. The van der Waals surface area contributed by atoms with Gasteiger partial charge in [0.15, 0.2) is 0 Å². The highest BCUT2D eigenvalue weighted by atomic mass is 19.3. The van der Waals surface area contributed by atoms with Crippen LogP contribution in [0.25, 0.3) is 0 Å². The fourth-order valence-electron chi connectivity index (χ4n) is 1.87. The van der Waals surface area contributed by atoms with E-state index in [1.807, 2.05) is 0 Å². The lowest BCUT2D eigenvalue weighted by atomic mass is 10.0. The summed E-state index contributed by atoms with van der Waals surface area (Å²) in [5.41, 5.74) is 0.254. The standard InChI is InChI=1S/C12H13F2NO3/c1-15-4-5-18-10-3-2-8(6-9(10)15)12(13,14)7-11(16)17/h2-3,6H,4-5,7H2,1H3,(H,16,17). The fraction of sp³-hybridized carbons (Fsp3) is 0.417.